The average Bonchev–Trinajstić information content (AvgIpc) is 2.27. The number of hydrogen-bond donors (Lipinski definition) is 2. The fourth-order valence-electron chi connectivity index (χ4n) is 0.857. The lowest BCUT2D eigenvalue weighted by atomic mass is 10.5. The van der Waals surface area contributed by atoms with Gasteiger partial charge in [-0.05, 0) is 0 Å². The van der Waals surface area contributed by atoms with Crippen molar-refractivity contribution < 1.29 is 14.3 Å². The van der Waals surface area contributed by atoms with Gasteiger partial charge in [-0.25, -0.2) is 14.1 Å². The highest BCUT2D eigenvalue weighted by Gasteiger charge is 2.16. The zero-order valence-electron chi connectivity index (χ0n) is 8.17. The van der Waals surface area contributed by atoms with Crippen LogP contribution in [0.25, 0.3) is 0 Å². The Morgan fingerprint density at radius 2 is 2.20 bits per heavy atom. The molecule has 0 bridgehead atoms. The first-order chi connectivity index (χ1) is 7.10. The van der Waals surface area contributed by atoms with Gasteiger partial charge >= 0.3 is 12.0 Å². The zero-order chi connectivity index (χ0) is 11.4. The number of urea groups is 1. The molecule has 0 saturated carbocycles. The number of methoxy groups -OCH3 is 2. The third-order valence-corrected chi connectivity index (χ3v) is 1.94. The van der Waals surface area contributed by atoms with Crippen molar-refractivity contribution in [3.63, 3.8) is 0 Å². The van der Waals surface area contributed by atoms with Crippen LogP contribution in [-0.2, 0) is 0 Å². The number of anilines is 1. The molecule has 2 amide bonds. The average molecular weight is 230 g/mol. The summed E-state index contributed by atoms with van der Waals surface area (Å²) in [6, 6.07) is -0.632. The van der Waals surface area contributed by atoms with E-state index in [0.29, 0.717) is 0 Å². The molecule has 0 aliphatic rings. The summed E-state index contributed by atoms with van der Waals surface area (Å²) in [7, 11) is 2.81. The molecule has 0 radical (unpaired) electrons. The predicted molar refractivity (Wildman–Crippen MR) is 56.2 cm³/mol. The molecule has 0 aliphatic heterocycles. The van der Waals surface area contributed by atoms with Gasteiger partial charge in [-0.1, -0.05) is 12.8 Å². The minimum absolute atomic E-state index is 0.127. The number of ether oxygens (including phenoxy) is 2. The molecule has 0 aromatic carbocycles. The number of nitrogens with two attached hydrogens (primary N) is 1. The Morgan fingerprint density at radius 3 is 2.67 bits per heavy atom. The maximum absolute atomic E-state index is 10.9. The van der Waals surface area contributed by atoms with Gasteiger partial charge in [0.15, 0.2) is 0 Å². The first-order valence-electron chi connectivity index (χ1n) is 3.83. The number of hydrogen-bond acceptors (Lipinski definition) is 6. The summed E-state index contributed by atoms with van der Waals surface area (Å²) < 4.78 is 10.6. The molecule has 1 aromatic heterocycles. The quantitative estimate of drug-likeness (QED) is 0.725. The molecule has 0 atom stereocenters. The zero-order valence-corrected chi connectivity index (χ0v) is 9.06. The fraction of sp³-hybridized carbons (Fsp3) is 0.286. The van der Waals surface area contributed by atoms with E-state index in [-0.39, 0.29) is 17.6 Å². The van der Waals surface area contributed by atoms with Crippen LogP contribution in [0.3, 0.4) is 0 Å². The summed E-state index contributed by atoms with van der Waals surface area (Å²) in [6.45, 7) is 0. The summed E-state index contributed by atoms with van der Waals surface area (Å²) >= 11 is 3.86. The monoisotopic (exact) mass is 230 g/mol. The molecule has 0 unspecified atom stereocenters. The van der Waals surface area contributed by atoms with Gasteiger partial charge in [-0.15, -0.1) is 0 Å². The number of rotatable bonds is 3. The van der Waals surface area contributed by atoms with Gasteiger partial charge in [0.1, 0.15) is 5.69 Å². The van der Waals surface area contributed by atoms with E-state index in [1.807, 2.05) is 0 Å². The molecular weight excluding hydrogens is 220 g/mol. The van der Waals surface area contributed by atoms with Gasteiger partial charge in [0, 0.05) is 0 Å². The van der Waals surface area contributed by atoms with Crippen molar-refractivity contribution in [3.05, 3.63) is 6.20 Å². The molecule has 0 fully saturated rings. The number of thiol groups is 1. The van der Waals surface area contributed by atoms with Crippen molar-refractivity contribution in [1.29, 1.82) is 0 Å². The highest BCUT2D eigenvalue weighted by atomic mass is 32.1. The molecule has 1 aromatic rings. The van der Waals surface area contributed by atoms with Gasteiger partial charge in [-0.2, -0.15) is 4.98 Å². The first-order valence-corrected chi connectivity index (χ1v) is 4.23. The molecule has 15 heavy (non-hydrogen) atoms. The third-order valence-electron chi connectivity index (χ3n) is 1.53. The molecule has 1 heterocycles. The first kappa shape index (κ1) is 11.4. The van der Waals surface area contributed by atoms with Crippen molar-refractivity contribution in [2.24, 2.45) is 5.73 Å². The second kappa shape index (κ2) is 4.69. The van der Waals surface area contributed by atoms with Crippen LogP contribution in [0.1, 0.15) is 0 Å². The Morgan fingerprint density at radius 1 is 1.53 bits per heavy atom. The number of carbonyl (C=O) groups excluding carboxylic acids is 1. The lowest BCUT2D eigenvalue weighted by Gasteiger charge is -2.14. The Balaban J connectivity index is 3.12. The standard InChI is InChI=1S/C7H10N4O3S/c1-13-5-4(11(15)6(8)12)3-9-7(10-5)14-2/h3,15H,1-2H3,(H2,8,12). The Kier molecular flexibility index (Phi) is 3.56. The number of primary amides is 1. The van der Waals surface area contributed by atoms with Crippen LogP contribution >= 0.6 is 12.8 Å². The van der Waals surface area contributed by atoms with E-state index in [0.717, 1.165) is 4.31 Å². The molecule has 2 N–H and O–H groups in total. The van der Waals surface area contributed by atoms with Gasteiger partial charge < -0.3 is 15.2 Å². The second-order valence-corrected chi connectivity index (χ2v) is 2.80. The van der Waals surface area contributed by atoms with Crippen LogP contribution < -0.4 is 19.5 Å². The van der Waals surface area contributed by atoms with Crippen molar-refractivity contribution in [2.75, 3.05) is 18.5 Å². The van der Waals surface area contributed by atoms with Gasteiger partial charge in [0.2, 0.25) is 5.88 Å². The smallest absolute Gasteiger partial charge is 0.329 e. The third kappa shape index (κ3) is 2.40. The van der Waals surface area contributed by atoms with Crippen LogP contribution in [0, 0.1) is 0 Å². The molecule has 82 valence electrons. The summed E-state index contributed by atoms with van der Waals surface area (Å²) in [6.07, 6.45) is 1.32. The van der Waals surface area contributed by atoms with Crippen LogP contribution in [-0.4, -0.2) is 30.2 Å². The van der Waals surface area contributed by atoms with Crippen LogP contribution in [0.5, 0.6) is 11.9 Å². The van der Waals surface area contributed by atoms with Crippen molar-refractivity contribution >= 4 is 24.5 Å². The lowest BCUT2D eigenvalue weighted by molar-refractivity contribution is 0.257. The minimum atomic E-state index is -0.759. The number of carbonyl (C=O) groups is 1. The maximum atomic E-state index is 10.9. The van der Waals surface area contributed by atoms with E-state index in [1.165, 1.54) is 20.4 Å². The molecule has 0 saturated heterocycles. The highest BCUT2D eigenvalue weighted by molar-refractivity contribution is 7.82. The van der Waals surface area contributed by atoms with Crippen LogP contribution in [0.2, 0.25) is 0 Å². The number of aromatic nitrogens is 2. The summed E-state index contributed by atoms with van der Waals surface area (Å²) in [4.78, 5) is 18.5. The van der Waals surface area contributed by atoms with E-state index in [1.54, 1.807) is 0 Å². The highest BCUT2D eigenvalue weighted by Crippen LogP contribution is 2.27. The summed E-state index contributed by atoms with van der Waals surface area (Å²) in [5, 5.41) is 0. The molecule has 0 spiro atoms. The largest absolute Gasteiger partial charge is 0.479 e. The van der Waals surface area contributed by atoms with Crippen molar-refractivity contribution in [3.8, 4) is 11.9 Å². The molecular formula is C7H10N4O3S. The van der Waals surface area contributed by atoms with E-state index in [4.69, 9.17) is 15.2 Å². The normalized spacial score (nSPS) is 9.53. The van der Waals surface area contributed by atoms with Crippen LogP contribution in [0.4, 0.5) is 10.5 Å². The predicted octanol–water partition coefficient (Wildman–Crippen LogP) is 0.224. The second-order valence-electron chi connectivity index (χ2n) is 2.40. The summed E-state index contributed by atoms with van der Waals surface area (Å²) in [5.74, 6) is 0.149. The van der Waals surface area contributed by atoms with E-state index in [9.17, 15) is 4.79 Å². The maximum Gasteiger partial charge on any atom is 0.329 e. The van der Waals surface area contributed by atoms with Crippen molar-refractivity contribution in [1.82, 2.24) is 9.97 Å². The summed E-state index contributed by atoms with van der Waals surface area (Å²) in [5.41, 5.74) is 5.27. The Hall–Kier alpha value is -1.70. The Labute approximate surface area is 91.7 Å². The SMILES string of the molecule is COc1ncc(N(S)C(N)=O)c(OC)n1. The minimum Gasteiger partial charge on any atom is -0.479 e. The molecule has 0 aliphatic carbocycles. The van der Waals surface area contributed by atoms with Crippen LogP contribution in [0.15, 0.2) is 6.20 Å². The lowest BCUT2D eigenvalue weighted by Crippen LogP contribution is -2.27. The van der Waals surface area contributed by atoms with Gasteiger partial charge in [-0.3, -0.25) is 0 Å². The van der Waals surface area contributed by atoms with Gasteiger partial charge in [0.25, 0.3) is 0 Å². The molecule has 8 heteroatoms. The number of nitrogens with zero attached hydrogens (tertiary/aromatic N) is 3. The van der Waals surface area contributed by atoms with Crippen molar-refractivity contribution in [2.45, 2.75) is 0 Å². The van der Waals surface area contributed by atoms with E-state index >= 15 is 0 Å². The van der Waals surface area contributed by atoms with Gasteiger partial charge in [0.05, 0.1) is 20.4 Å². The van der Waals surface area contributed by atoms with E-state index in [2.05, 4.69) is 22.8 Å². The molecule has 7 nitrogen and oxygen atoms in total. The fourth-order valence-corrected chi connectivity index (χ4v) is 0.994. The van der Waals surface area contributed by atoms with E-state index < -0.39 is 6.03 Å². The topological polar surface area (TPSA) is 90.6 Å². The molecule has 1 rings (SSSR count). The number of amides is 2. The Bertz CT molecular complexity index is 373.